The number of alkyl halides is 1. The molecule has 0 atom stereocenters. The fourth-order valence-corrected chi connectivity index (χ4v) is 2.13. The maximum Gasteiger partial charge on any atom is 0.235 e. The summed E-state index contributed by atoms with van der Waals surface area (Å²) in [5.74, 6) is -0.138. The molecule has 2 rings (SSSR count). The zero-order valence-electron chi connectivity index (χ0n) is 9.13. The predicted molar refractivity (Wildman–Crippen MR) is 73.9 cm³/mol. The monoisotopic (exact) mass is 312 g/mol. The second-order valence-electron chi connectivity index (χ2n) is 3.63. The first-order valence-electron chi connectivity index (χ1n) is 5.03. The van der Waals surface area contributed by atoms with Crippen molar-refractivity contribution >= 4 is 50.0 Å². The van der Waals surface area contributed by atoms with Crippen LogP contribution in [0, 0.1) is 6.92 Å². The number of benzene rings is 1. The summed E-state index contributed by atoms with van der Waals surface area (Å²) >= 11 is 9.26. The Bertz CT molecular complexity index is 586. The Morgan fingerprint density at radius 1 is 1.59 bits per heavy atom. The highest BCUT2D eigenvalue weighted by Crippen LogP contribution is 2.32. The Labute approximate surface area is 112 Å². The van der Waals surface area contributed by atoms with Crippen molar-refractivity contribution in [3.05, 3.63) is 35.0 Å². The lowest BCUT2D eigenvalue weighted by Crippen LogP contribution is -2.13. The Hall–Kier alpha value is -1.13. The molecule has 1 N–H and O–H groups in total. The lowest BCUT2D eigenvalue weighted by Gasteiger charge is -2.11. The molecule has 0 spiro atoms. The number of hydrogen-bond donors (Lipinski definition) is 1. The molecule has 0 unspecified atom stereocenters. The Kier molecular flexibility index (Phi) is 3.64. The molecule has 0 aliphatic heterocycles. The highest BCUT2D eigenvalue weighted by atomic mass is 79.9. The number of carbonyl (C=O) groups excluding carboxylic acids is 1. The molecule has 1 amide bonds. The smallest absolute Gasteiger partial charge is 0.235 e. The Morgan fingerprint density at radius 3 is 3.06 bits per heavy atom. The fourth-order valence-electron chi connectivity index (χ4n) is 1.68. The van der Waals surface area contributed by atoms with Crippen molar-refractivity contribution in [2.24, 2.45) is 0 Å². The topological polar surface area (TPSA) is 42.0 Å². The van der Waals surface area contributed by atoms with Gasteiger partial charge in [0.25, 0.3) is 0 Å². The molecule has 0 saturated heterocycles. The number of amides is 1. The van der Waals surface area contributed by atoms with Crippen LogP contribution in [0.1, 0.15) is 5.56 Å². The van der Waals surface area contributed by atoms with E-state index in [-0.39, 0.29) is 11.2 Å². The number of pyridine rings is 1. The van der Waals surface area contributed by atoms with E-state index in [1.165, 1.54) is 0 Å². The average Bonchev–Trinajstić information content (AvgIpc) is 2.34. The summed E-state index contributed by atoms with van der Waals surface area (Å²) in [7, 11) is 0. The third kappa shape index (κ3) is 2.42. The molecule has 0 saturated carbocycles. The third-order valence-corrected chi connectivity index (χ3v) is 3.23. The van der Waals surface area contributed by atoms with Crippen molar-refractivity contribution in [2.75, 3.05) is 10.6 Å². The maximum absolute atomic E-state index is 11.4. The number of aromatic nitrogens is 1. The van der Waals surface area contributed by atoms with Crippen LogP contribution in [0.4, 0.5) is 5.69 Å². The molecule has 88 valence electrons. The molecular weight excluding hydrogens is 304 g/mol. The SMILES string of the molecule is Cc1cc(Cl)c(NC(=O)CBr)c2cccnc12. The molecule has 0 aliphatic carbocycles. The van der Waals surface area contributed by atoms with E-state index < -0.39 is 0 Å². The maximum atomic E-state index is 11.4. The summed E-state index contributed by atoms with van der Waals surface area (Å²) in [5.41, 5.74) is 2.45. The van der Waals surface area contributed by atoms with Crippen molar-refractivity contribution in [1.82, 2.24) is 4.98 Å². The van der Waals surface area contributed by atoms with E-state index in [1.54, 1.807) is 12.3 Å². The van der Waals surface area contributed by atoms with Gasteiger partial charge in [-0.1, -0.05) is 27.5 Å². The number of hydrogen-bond acceptors (Lipinski definition) is 2. The van der Waals surface area contributed by atoms with Crippen LogP contribution in [-0.2, 0) is 4.79 Å². The summed E-state index contributed by atoms with van der Waals surface area (Å²) < 4.78 is 0. The summed E-state index contributed by atoms with van der Waals surface area (Å²) in [5, 5.41) is 4.39. The highest BCUT2D eigenvalue weighted by Gasteiger charge is 2.11. The predicted octanol–water partition coefficient (Wildman–Crippen LogP) is 3.53. The first-order chi connectivity index (χ1) is 8.13. The van der Waals surface area contributed by atoms with E-state index in [0.29, 0.717) is 10.7 Å². The van der Waals surface area contributed by atoms with Crippen LogP contribution < -0.4 is 5.32 Å². The number of rotatable bonds is 2. The van der Waals surface area contributed by atoms with Gasteiger partial charge in [-0.2, -0.15) is 0 Å². The number of halogens is 2. The first kappa shape index (κ1) is 12.3. The van der Waals surface area contributed by atoms with Crippen LogP contribution in [0.2, 0.25) is 5.02 Å². The van der Waals surface area contributed by atoms with Crippen molar-refractivity contribution in [3.63, 3.8) is 0 Å². The lowest BCUT2D eigenvalue weighted by molar-refractivity contribution is -0.113. The van der Waals surface area contributed by atoms with Gasteiger partial charge in [0.15, 0.2) is 0 Å². The zero-order valence-corrected chi connectivity index (χ0v) is 11.5. The molecule has 3 nitrogen and oxygen atoms in total. The van der Waals surface area contributed by atoms with Crippen molar-refractivity contribution in [3.8, 4) is 0 Å². The van der Waals surface area contributed by atoms with Crippen LogP contribution in [0.15, 0.2) is 24.4 Å². The second-order valence-corrected chi connectivity index (χ2v) is 4.60. The number of aryl methyl sites for hydroxylation is 1. The molecule has 1 heterocycles. The summed E-state index contributed by atoms with van der Waals surface area (Å²) in [6, 6.07) is 5.52. The van der Waals surface area contributed by atoms with Crippen LogP contribution in [0.5, 0.6) is 0 Å². The number of carbonyl (C=O) groups is 1. The molecule has 17 heavy (non-hydrogen) atoms. The average molecular weight is 314 g/mol. The molecule has 5 heteroatoms. The normalized spacial score (nSPS) is 10.5. The van der Waals surface area contributed by atoms with E-state index in [4.69, 9.17) is 11.6 Å². The zero-order chi connectivity index (χ0) is 12.4. The summed E-state index contributed by atoms with van der Waals surface area (Å²) in [6.07, 6.45) is 1.72. The van der Waals surface area contributed by atoms with Crippen molar-refractivity contribution in [2.45, 2.75) is 6.92 Å². The number of nitrogens with one attached hydrogen (secondary N) is 1. The third-order valence-electron chi connectivity index (χ3n) is 2.42. The minimum atomic E-state index is -0.138. The molecule has 0 radical (unpaired) electrons. The van der Waals surface area contributed by atoms with Gasteiger partial charge < -0.3 is 5.32 Å². The Balaban J connectivity index is 2.65. The molecule has 1 aromatic carbocycles. The van der Waals surface area contributed by atoms with E-state index >= 15 is 0 Å². The largest absolute Gasteiger partial charge is 0.323 e. The number of anilines is 1. The van der Waals surface area contributed by atoms with Crippen LogP contribution >= 0.6 is 27.5 Å². The molecular formula is C12H10BrClN2O. The molecule has 0 bridgehead atoms. The van der Waals surface area contributed by atoms with Gasteiger partial charge in [0, 0.05) is 11.6 Å². The minimum Gasteiger partial charge on any atom is -0.323 e. The van der Waals surface area contributed by atoms with Gasteiger partial charge >= 0.3 is 0 Å². The molecule has 0 aliphatic rings. The fraction of sp³-hybridized carbons (Fsp3) is 0.167. The van der Waals surface area contributed by atoms with Gasteiger partial charge in [-0.15, -0.1) is 0 Å². The van der Waals surface area contributed by atoms with Gasteiger partial charge in [-0.25, -0.2) is 0 Å². The van der Waals surface area contributed by atoms with Gasteiger partial charge in [-0.05, 0) is 30.7 Å². The first-order valence-corrected chi connectivity index (χ1v) is 6.53. The molecule has 1 aromatic heterocycles. The molecule has 0 fully saturated rings. The van der Waals surface area contributed by atoms with Crippen molar-refractivity contribution < 1.29 is 4.79 Å². The standard InChI is InChI=1S/C12H10BrClN2O/c1-7-5-9(14)12(16-10(17)6-13)8-3-2-4-15-11(7)8/h2-5H,6H2,1H3,(H,16,17). The van der Waals surface area contributed by atoms with Gasteiger partial charge in [0.1, 0.15) is 0 Å². The van der Waals surface area contributed by atoms with Crippen molar-refractivity contribution in [1.29, 1.82) is 0 Å². The summed E-state index contributed by atoms with van der Waals surface area (Å²) in [4.78, 5) is 15.7. The van der Waals surface area contributed by atoms with Crippen LogP contribution in [0.3, 0.4) is 0 Å². The van der Waals surface area contributed by atoms with E-state index in [9.17, 15) is 4.79 Å². The Morgan fingerprint density at radius 2 is 2.35 bits per heavy atom. The summed E-state index contributed by atoms with van der Waals surface area (Å²) in [6.45, 7) is 1.94. The minimum absolute atomic E-state index is 0.138. The number of fused-ring (bicyclic) bond motifs is 1. The van der Waals surface area contributed by atoms with E-state index in [0.717, 1.165) is 16.5 Å². The molecule has 2 aromatic rings. The lowest BCUT2D eigenvalue weighted by atomic mass is 10.1. The second kappa shape index (κ2) is 5.02. The van der Waals surface area contributed by atoms with Gasteiger partial charge in [0.05, 0.1) is 21.6 Å². The van der Waals surface area contributed by atoms with Gasteiger partial charge in [-0.3, -0.25) is 9.78 Å². The quantitative estimate of drug-likeness (QED) is 0.862. The van der Waals surface area contributed by atoms with Crippen LogP contribution in [0.25, 0.3) is 10.9 Å². The highest BCUT2D eigenvalue weighted by molar-refractivity contribution is 9.09. The van der Waals surface area contributed by atoms with E-state index in [2.05, 4.69) is 26.2 Å². The van der Waals surface area contributed by atoms with Crippen LogP contribution in [-0.4, -0.2) is 16.2 Å². The van der Waals surface area contributed by atoms with E-state index in [1.807, 2.05) is 19.1 Å². The van der Waals surface area contributed by atoms with Gasteiger partial charge in [0.2, 0.25) is 5.91 Å². The number of nitrogens with zero attached hydrogens (tertiary/aromatic N) is 1.